The van der Waals surface area contributed by atoms with Crippen LogP contribution in [0.2, 0.25) is 0 Å². The summed E-state index contributed by atoms with van der Waals surface area (Å²) in [4.78, 5) is 0. The third kappa shape index (κ3) is 4.02. The van der Waals surface area contributed by atoms with E-state index >= 15 is 0 Å². The summed E-state index contributed by atoms with van der Waals surface area (Å²) in [5.41, 5.74) is 0.330. The molecule has 130 valence electrons. The fourth-order valence-corrected chi connectivity index (χ4v) is 8.94. The van der Waals surface area contributed by atoms with E-state index in [0.29, 0.717) is 5.41 Å². The van der Waals surface area contributed by atoms with Crippen LogP contribution in [0.1, 0.15) is 27.2 Å². The Hall–Kier alpha value is -1.91. The molecule has 0 aliphatic heterocycles. The number of hydrogen-bond acceptors (Lipinski definition) is 0. The van der Waals surface area contributed by atoms with Gasteiger partial charge in [-0.3, -0.25) is 0 Å². The molecule has 0 N–H and O–H groups in total. The second-order valence-electron chi connectivity index (χ2n) is 8.06. The predicted octanol–water partition coefficient (Wildman–Crippen LogP) is 5.15. The van der Waals surface area contributed by atoms with Gasteiger partial charge < -0.3 is 0 Å². The number of rotatable bonds is 5. The fourth-order valence-electron chi connectivity index (χ4n) is 3.66. The van der Waals surface area contributed by atoms with Crippen LogP contribution in [0.4, 0.5) is 0 Å². The molecule has 0 spiro atoms. The summed E-state index contributed by atoms with van der Waals surface area (Å²) in [6, 6.07) is 33.6. The van der Waals surface area contributed by atoms with Gasteiger partial charge in [-0.1, -0.05) is 0 Å². The summed E-state index contributed by atoms with van der Waals surface area (Å²) >= 11 is 0. The Morgan fingerprint density at radius 1 is 0.560 bits per heavy atom. The monoisotopic (exact) mass is 348 g/mol. The number of benzene rings is 3. The third-order valence-electron chi connectivity index (χ3n) is 5.05. The number of hydrogen-bond donors (Lipinski definition) is 0. The summed E-state index contributed by atoms with van der Waals surface area (Å²) in [6.07, 6.45) is 2.45. The zero-order valence-electron chi connectivity index (χ0n) is 15.6. The molecule has 25 heavy (non-hydrogen) atoms. The Balaban J connectivity index is 2.24. The van der Waals surface area contributed by atoms with E-state index < -0.39 is 7.26 Å². The first kappa shape index (κ1) is 17.9. The molecule has 0 saturated heterocycles. The summed E-state index contributed by atoms with van der Waals surface area (Å²) < 4.78 is 0. The zero-order chi connectivity index (χ0) is 17.8. The molecule has 3 aromatic rings. The first-order valence-corrected chi connectivity index (χ1v) is 11.4. The van der Waals surface area contributed by atoms with Crippen molar-refractivity contribution in [3.8, 4) is 0 Å². The van der Waals surface area contributed by atoms with Crippen LogP contribution in [0.25, 0.3) is 0 Å². The van der Waals surface area contributed by atoms with Crippen molar-refractivity contribution in [3.05, 3.63) is 91.0 Å². The van der Waals surface area contributed by atoms with Gasteiger partial charge in [-0.2, -0.15) is 0 Å². The van der Waals surface area contributed by atoms with Gasteiger partial charge in [-0.05, 0) is 0 Å². The van der Waals surface area contributed by atoms with Crippen LogP contribution in [-0.2, 0) is 0 Å². The van der Waals surface area contributed by atoms with Crippen molar-refractivity contribution in [2.24, 2.45) is 5.41 Å². The maximum absolute atomic E-state index is 2.35. The second-order valence-corrected chi connectivity index (χ2v) is 12.1. The van der Waals surface area contributed by atoms with Crippen LogP contribution < -0.4 is 15.9 Å². The van der Waals surface area contributed by atoms with Gasteiger partial charge >= 0.3 is 153 Å². The molecule has 1 heteroatoms. The summed E-state index contributed by atoms with van der Waals surface area (Å²) in [5.74, 6) is 0. The fraction of sp³-hybridized carbons (Fsp3) is 0.250. The van der Waals surface area contributed by atoms with Crippen molar-refractivity contribution in [2.75, 3.05) is 6.16 Å². The molecule has 0 unspecified atom stereocenters. The molecule has 0 bridgehead atoms. The van der Waals surface area contributed by atoms with Crippen molar-refractivity contribution in [1.29, 1.82) is 0 Å². The van der Waals surface area contributed by atoms with Crippen LogP contribution in [0.3, 0.4) is 0 Å². The van der Waals surface area contributed by atoms with Gasteiger partial charge in [0.25, 0.3) is 0 Å². The minimum atomic E-state index is -2.03. The molecular weight excluding hydrogens is 319 g/mol. The van der Waals surface area contributed by atoms with Gasteiger partial charge in [-0.25, -0.2) is 0 Å². The Morgan fingerprint density at radius 2 is 0.880 bits per heavy atom. The van der Waals surface area contributed by atoms with Crippen LogP contribution in [0.15, 0.2) is 91.0 Å². The topological polar surface area (TPSA) is 0 Å². The molecule has 0 atom stereocenters. The van der Waals surface area contributed by atoms with E-state index in [4.69, 9.17) is 0 Å². The van der Waals surface area contributed by atoms with Crippen LogP contribution in [0.5, 0.6) is 0 Å². The van der Waals surface area contributed by atoms with Crippen LogP contribution in [0, 0.1) is 5.41 Å². The molecule has 0 fully saturated rings. The van der Waals surface area contributed by atoms with Crippen molar-refractivity contribution < 1.29 is 0 Å². The van der Waals surface area contributed by atoms with Crippen molar-refractivity contribution >= 4 is 23.2 Å². The van der Waals surface area contributed by atoms with Gasteiger partial charge in [-0.15, -0.1) is 0 Å². The average Bonchev–Trinajstić information content (AvgIpc) is 2.64. The van der Waals surface area contributed by atoms with Gasteiger partial charge in [0.05, 0.1) is 0 Å². The Bertz CT molecular complexity index is 674. The van der Waals surface area contributed by atoms with Gasteiger partial charge in [0.2, 0.25) is 0 Å². The van der Waals surface area contributed by atoms with E-state index in [1.165, 1.54) is 28.5 Å². The Morgan fingerprint density at radius 3 is 1.16 bits per heavy atom. The molecule has 0 radical (unpaired) electrons. The summed E-state index contributed by atoms with van der Waals surface area (Å²) in [6.45, 7) is 7.06. The van der Waals surface area contributed by atoms with Gasteiger partial charge in [0.1, 0.15) is 0 Å². The molecule has 0 saturated carbocycles. The summed E-state index contributed by atoms with van der Waals surface area (Å²) in [5, 5.41) is 4.53. The molecule has 0 nitrogen and oxygen atoms in total. The van der Waals surface area contributed by atoms with Crippen molar-refractivity contribution in [3.63, 3.8) is 0 Å². The molecule has 0 aliphatic rings. The zero-order valence-corrected chi connectivity index (χ0v) is 16.6. The standard InChI is InChI=1S/C24H29P/c1-24(2,3)19-20-25(21-13-7-4-8-14-21,22-15-9-5-10-16-22)23-17-11-6-12-18-23/h4-18,25H,19-20H2,1-3H3. The van der Waals surface area contributed by atoms with Gasteiger partial charge in [0.15, 0.2) is 0 Å². The summed E-state index contributed by atoms with van der Waals surface area (Å²) in [7, 11) is -2.03. The third-order valence-corrected chi connectivity index (χ3v) is 10.0. The molecule has 0 aliphatic carbocycles. The molecule has 0 amide bonds. The maximum atomic E-state index is 2.35. The van der Waals surface area contributed by atoms with Crippen LogP contribution in [-0.4, -0.2) is 6.16 Å². The Labute approximate surface area is 153 Å². The second kappa shape index (κ2) is 7.54. The molecule has 3 rings (SSSR count). The van der Waals surface area contributed by atoms with E-state index in [2.05, 4.69) is 112 Å². The van der Waals surface area contributed by atoms with E-state index in [1.54, 1.807) is 0 Å². The molecule has 3 aromatic carbocycles. The first-order chi connectivity index (χ1) is 12.0. The predicted molar refractivity (Wildman–Crippen MR) is 115 cm³/mol. The van der Waals surface area contributed by atoms with Gasteiger partial charge in [0, 0.05) is 0 Å². The first-order valence-electron chi connectivity index (χ1n) is 9.19. The van der Waals surface area contributed by atoms with Crippen molar-refractivity contribution in [1.82, 2.24) is 0 Å². The average molecular weight is 348 g/mol. The van der Waals surface area contributed by atoms with E-state index in [9.17, 15) is 0 Å². The van der Waals surface area contributed by atoms with E-state index in [1.807, 2.05) is 0 Å². The van der Waals surface area contributed by atoms with Crippen LogP contribution >= 0.6 is 7.26 Å². The Kier molecular flexibility index (Phi) is 5.40. The SMILES string of the molecule is CC(C)(C)CC[PH](c1ccccc1)(c1ccccc1)c1ccccc1. The van der Waals surface area contributed by atoms with E-state index in [-0.39, 0.29) is 0 Å². The normalized spacial score (nSPS) is 12.8. The molecular formula is C24H29P. The molecule has 0 aromatic heterocycles. The van der Waals surface area contributed by atoms with E-state index in [0.717, 1.165) is 0 Å². The molecule has 0 heterocycles. The quantitative estimate of drug-likeness (QED) is 0.560. The van der Waals surface area contributed by atoms with Crippen molar-refractivity contribution in [2.45, 2.75) is 27.2 Å². The minimum absolute atomic E-state index is 0.330.